The summed E-state index contributed by atoms with van der Waals surface area (Å²) in [5, 5.41) is 7.66. The van der Waals surface area contributed by atoms with Crippen molar-refractivity contribution in [2.45, 2.75) is 31.9 Å². The highest BCUT2D eigenvalue weighted by Crippen LogP contribution is 2.41. The monoisotopic (exact) mass is 402 g/mol. The lowest BCUT2D eigenvalue weighted by atomic mass is 9.85. The number of benzene rings is 2. The molecule has 0 amide bonds. The van der Waals surface area contributed by atoms with E-state index in [9.17, 15) is 4.79 Å². The number of nitrogens with one attached hydrogen (secondary N) is 1. The first-order valence-electron chi connectivity index (χ1n) is 10.0. The van der Waals surface area contributed by atoms with Gasteiger partial charge in [-0.15, -0.1) is 0 Å². The van der Waals surface area contributed by atoms with Gasteiger partial charge in [-0.2, -0.15) is 10.1 Å². The van der Waals surface area contributed by atoms with Crippen LogP contribution >= 0.6 is 0 Å². The van der Waals surface area contributed by atoms with E-state index in [0.29, 0.717) is 30.5 Å². The first-order chi connectivity index (χ1) is 14.7. The number of carbonyl (C=O) groups is 1. The Labute approximate surface area is 174 Å². The number of ether oxygens (including phenoxy) is 2. The van der Waals surface area contributed by atoms with Crippen LogP contribution in [0.4, 0.5) is 5.95 Å². The molecule has 0 bridgehead atoms. The Morgan fingerprint density at radius 3 is 2.83 bits per heavy atom. The van der Waals surface area contributed by atoms with E-state index in [4.69, 9.17) is 9.47 Å². The van der Waals surface area contributed by atoms with Crippen LogP contribution < -0.4 is 14.8 Å². The van der Waals surface area contributed by atoms with Crippen LogP contribution in [0.25, 0.3) is 0 Å². The smallest absolute Gasteiger partial charge is 0.226 e. The predicted octanol–water partition coefficient (Wildman–Crippen LogP) is 3.89. The Balaban J connectivity index is 1.50. The van der Waals surface area contributed by atoms with Gasteiger partial charge in [-0.3, -0.25) is 4.79 Å². The number of rotatable bonds is 5. The van der Waals surface area contributed by atoms with E-state index in [1.54, 1.807) is 11.8 Å². The Hall–Kier alpha value is -3.61. The highest BCUT2D eigenvalue weighted by atomic mass is 16.5. The van der Waals surface area contributed by atoms with Crippen LogP contribution in [0, 0.1) is 0 Å². The molecule has 152 valence electrons. The van der Waals surface area contributed by atoms with Crippen molar-refractivity contribution in [2.75, 3.05) is 12.4 Å². The van der Waals surface area contributed by atoms with Gasteiger partial charge in [0, 0.05) is 17.7 Å². The van der Waals surface area contributed by atoms with Crippen molar-refractivity contribution in [3.63, 3.8) is 0 Å². The number of ketones is 1. The van der Waals surface area contributed by atoms with Crippen LogP contribution in [0.1, 0.15) is 36.4 Å². The third-order valence-electron chi connectivity index (χ3n) is 5.55. The lowest BCUT2D eigenvalue weighted by Gasteiger charge is -2.32. The van der Waals surface area contributed by atoms with Crippen LogP contribution in [0.2, 0.25) is 0 Å². The van der Waals surface area contributed by atoms with Crippen molar-refractivity contribution in [1.82, 2.24) is 14.8 Å². The predicted molar refractivity (Wildman–Crippen MR) is 111 cm³/mol. The average Bonchev–Trinajstić information content (AvgIpc) is 3.25. The lowest BCUT2D eigenvalue weighted by molar-refractivity contribution is -0.116. The van der Waals surface area contributed by atoms with E-state index in [-0.39, 0.29) is 11.8 Å². The van der Waals surface area contributed by atoms with Crippen LogP contribution in [0.15, 0.2) is 66.1 Å². The number of anilines is 1. The molecule has 1 atom stereocenters. The highest BCUT2D eigenvalue weighted by molar-refractivity contribution is 5.99. The molecule has 7 heteroatoms. The summed E-state index contributed by atoms with van der Waals surface area (Å²) < 4.78 is 13.4. The zero-order valence-corrected chi connectivity index (χ0v) is 16.7. The molecule has 30 heavy (non-hydrogen) atoms. The molecule has 0 spiro atoms. The van der Waals surface area contributed by atoms with Gasteiger partial charge in [0.1, 0.15) is 19.0 Å². The number of allylic oxidation sites excluding steroid dienone is 2. The number of carbonyl (C=O) groups excluding carboxylic acids is 1. The van der Waals surface area contributed by atoms with Crippen LogP contribution in [0.5, 0.6) is 11.5 Å². The van der Waals surface area contributed by atoms with E-state index in [1.807, 2.05) is 48.5 Å². The third kappa shape index (κ3) is 3.22. The summed E-state index contributed by atoms with van der Waals surface area (Å²) in [7, 11) is 1.62. The zero-order chi connectivity index (χ0) is 20.5. The average molecular weight is 402 g/mol. The van der Waals surface area contributed by atoms with Gasteiger partial charge in [0.05, 0.1) is 7.11 Å². The Bertz CT molecular complexity index is 1120. The van der Waals surface area contributed by atoms with Gasteiger partial charge in [0.2, 0.25) is 5.95 Å². The van der Waals surface area contributed by atoms with Crippen molar-refractivity contribution >= 4 is 11.7 Å². The Morgan fingerprint density at radius 2 is 2.00 bits per heavy atom. The largest absolute Gasteiger partial charge is 0.493 e. The summed E-state index contributed by atoms with van der Waals surface area (Å²) in [5.41, 5.74) is 3.70. The minimum Gasteiger partial charge on any atom is -0.493 e. The third-order valence-corrected chi connectivity index (χ3v) is 5.55. The molecule has 3 aromatic rings. The second-order valence-corrected chi connectivity index (χ2v) is 7.41. The van der Waals surface area contributed by atoms with Crippen LogP contribution in [-0.4, -0.2) is 27.7 Å². The summed E-state index contributed by atoms with van der Waals surface area (Å²) in [4.78, 5) is 17.1. The fourth-order valence-corrected chi connectivity index (χ4v) is 4.11. The van der Waals surface area contributed by atoms with Gasteiger partial charge in [0.15, 0.2) is 17.3 Å². The molecule has 7 nitrogen and oxygen atoms in total. The molecule has 0 fully saturated rings. The van der Waals surface area contributed by atoms with Gasteiger partial charge in [-0.1, -0.05) is 36.4 Å². The molecule has 5 rings (SSSR count). The van der Waals surface area contributed by atoms with Crippen molar-refractivity contribution in [3.8, 4) is 11.5 Å². The SMILES string of the molecule is COc1cc([C@H]2C3=C(CCCC3=O)Nc3ncnn32)ccc1OCc1ccccc1. The van der Waals surface area contributed by atoms with Gasteiger partial charge < -0.3 is 14.8 Å². The number of hydrogen-bond acceptors (Lipinski definition) is 6. The minimum atomic E-state index is -0.330. The fourth-order valence-electron chi connectivity index (χ4n) is 4.11. The molecule has 2 aliphatic rings. The Morgan fingerprint density at radius 1 is 1.13 bits per heavy atom. The van der Waals surface area contributed by atoms with Crippen molar-refractivity contribution in [3.05, 3.63) is 77.3 Å². The maximum atomic E-state index is 12.8. The summed E-state index contributed by atoms with van der Waals surface area (Å²) in [5.74, 6) is 2.08. The summed E-state index contributed by atoms with van der Waals surface area (Å²) >= 11 is 0. The topological polar surface area (TPSA) is 78.3 Å². The van der Waals surface area contributed by atoms with E-state index in [1.165, 1.54) is 6.33 Å². The van der Waals surface area contributed by atoms with Crippen LogP contribution in [-0.2, 0) is 11.4 Å². The molecule has 0 saturated carbocycles. The van der Waals surface area contributed by atoms with E-state index < -0.39 is 0 Å². The zero-order valence-electron chi connectivity index (χ0n) is 16.7. The second kappa shape index (κ2) is 7.67. The van der Waals surface area contributed by atoms with E-state index >= 15 is 0 Å². The molecule has 2 heterocycles. The van der Waals surface area contributed by atoms with Crippen molar-refractivity contribution in [2.24, 2.45) is 0 Å². The first kappa shape index (κ1) is 18.4. The first-order valence-corrected chi connectivity index (χ1v) is 10.0. The molecular weight excluding hydrogens is 380 g/mol. The molecule has 0 unspecified atom stereocenters. The highest BCUT2D eigenvalue weighted by Gasteiger charge is 2.36. The molecule has 1 aromatic heterocycles. The van der Waals surface area contributed by atoms with Crippen molar-refractivity contribution in [1.29, 1.82) is 0 Å². The lowest BCUT2D eigenvalue weighted by Crippen LogP contribution is -2.31. The number of aromatic nitrogens is 3. The molecule has 0 saturated heterocycles. The normalized spacial score (nSPS) is 17.8. The van der Waals surface area contributed by atoms with Gasteiger partial charge in [-0.25, -0.2) is 4.68 Å². The van der Waals surface area contributed by atoms with Gasteiger partial charge in [0.25, 0.3) is 0 Å². The van der Waals surface area contributed by atoms with E-state index in [2.05, 4.69) is 15.4 Å². The number of Topliss-reactive ketones (excluding diaryl/α,β-unsaturated/α-hetero) is 1. The fraction of sp³-hybridized carbons (Fsp3) is 0.261. The summed E-state index contributed by atoms with van der Waals surface area (Å²) in [6.45, 7) is 0.449. The maximum absolute atomic E-state index is 12.8. The van der Waals surface area contributed by atoms with Gasteiger partial charge in [-0.05, 0) is 36.1 Å². The molecule has 0 radical (unpaired) electrons. The molecule has 1 aliphatic heterocycles. The summed E-state index contributed by atoms with van der Waals surface area (Å²) in [6, 6.07) is 15.4. The van der Waals surface area contributed by atoms with Gasteiger partial charge >= 0.3 is 0 Å². The number of nitrogens with zero attached hydrogens (tertiary/aromatic N) is 3. The minimum absolute atomic E-state index is 0.151. The second-order valence-electron chi connectivity index (χ2n) is 7.41. The number of methoxy groups -OCH3 is 1. The number of fused-ring (bicyclic) bond motifs is 1. The Kier molecular flexibility index (Phi) is 4.71. The van der Waals surface area contributed by atoms with E-state index in [0.717, 1.165) is 35.2 Å². The molecule has 1 aliphatic carbocycles. The maximum Gasteiger partial charge on any atom is 0.226 e. The molecule has 2 aromatic carbocycles. The van der Waals surface area contributed by atoms with Crippen LogP contribution in [0.3, 0.4) is 0 Å². The molecule has 1 N–H and O–H groups in total. The quantitative estimate of drug-likeness (QED) is 0.698. The standard InChI is InChI=1S/C23H22N4O3/c1-29-20-12-16(10-11-19(20)30-13-15-6-3-2-4-7-15)22-21-17(8-5-9-18(21)28)26-23-24-14-25-27(22)23/h2-4,6-7,10-12,14,22H,5,8-9,13H2,1H3,(H,24,25,26)/t22-/m0/s1. The molecular formula is C23H22N4O3. The number of hydrogen-bond donors (Lipinski definition) is 1. The summed E-state index contributed by atoms with van der Waals surface area (Å²) in [6.07, 6.45) is 3.74. The van der Waals surface area contributed by atoms with Crippen molar-refractivity contribution < 1.29 is 14.3 Å².